The predicted molar refractivity (Wildman–Crippen MR) is 436 cm³/mol. The smallest absolute Gasteiger partial charge is 0.462 e. The summed E-state index contributed by atoms with van der Waals surface area (Å²) >= 11 is 0. The first-order valence-electron chi connectivity index (χ1n) is 43.3. The molecule has 1 N–H and O–H groups in total. The highest BCUT2D eigenvalue weighted by atomic mass is 31.2. The molecular weight excluding hydrogens is 1250 g/mol. The molecule has 0 saturated carbocycles. The number of phosphoric ester groups is 1. The molecular formula is C90H167NO8P+. The number of ether oxygens (including phenoxy) is 2. The predicted octanol–water partition coefficient (Wildman–Crippen LogP) is 29.2. The number of carbonyl (C=O) groups excluding carboxylic acids is 2. The third-order valence-electron chi connectivity index (χ3n) is 19.4. The van der Waals surface area contributed by atoms with Crippen LogP contribution in [0.4, 0.5) is 0 Å². The van der Waals surface area contributed by atoms with Gasteiger partial charge in [0, 0.05) is 12.8 Å². The van der Waals surface area contributed by atoms with Gasteiger partial charge in [-0.1, -0.05) is 407 Å². The standard InChI is InChI=1S/C90H166NO8P/c1-6-8-10-12-14-16-18-20-22-24-26-28-30-32-34-36-38-40-42-44-45-47-48-50-52-54-56-58-60-62-64-66-68-70-72-74-76-78-80-82-89(92)96-86-88(87-98-100(94,95)97-85-84-91(3,4)5)99-90(93)83-81-79-77-75-73-71-69-67-65-63-61-59-57-55-53-51-49-46-43-41-39-37-35-33-31-29-27-25-23-21-19-17-15-13-11-9-7-2/h9,11,15,17,21,23-24,26-27,29,33,35,39,41,88H,6-8,10,12-14,16,18-20,22,25,28,30-32,34,36-38,40,42-87H2,1-5H3/p+1/b11-9-,17-15-,23-21-,26-24-,29-27-,35-33-,41-39-. The zero-order chi connectivity index (χ0) is 72.5. The van der Waals surface area contributed by atoms with Gasteiger partial charge in [0.1, 0.15) is 19.8 Å². The number of allylic oxidation sites excluding steroid dienone is 14. The van der Waals surface area contributed by atoms with Gasteiger partial charge in [-0.25, -0.2) is 4.57 Å². The van der Waals surface area contributed by atoms with Gasteiger partial charge in [0.15, 0.2) is 6.10 Å². The lowest BCUT2D eigenvalue weighted by molar-refractivity contribution is -0.870. The third kappa shape index (κ3) is 84.1. The summed E-state index contributed by atoms with van der Waals surface area (Å²) in [4.78, 5) is 36.0. The monoisotopic (exact) mass is 1420 g/mol. The van der Waals surface area contributed by atoms with Gasteiger partial charge in [0.25, 0.3) is 0 Å². The molecule has 0 radical (unpaired) electrons. The summed E-state index contributed by atoms with van der Waals surface area (Å²) in [6, 6.07) is 0. The number of likely N-dealkylation sites (N-methyl/N-ethyl adjacent to an activating group) is 1. The molecule has 9 nitrogen and oxygen atoms in total. The van der Waals surface area contributed by atoms with Crippen molar-refractivity contribution in [3.63, 3.8) is 0 Å². The van der Waals surface area contributed by atoms with Crippen molar-refractivity contribution in [1.82, 2.24) is 0 Å². The van der Waals surface area contributed by atoms with Gasteiger partial charge in [0.05, 0.1) is 27.7 Å². The Morgan fingerprint density at radius 2 is 0.570 bits per heavy atom. The van der Waals surface area contributed by atoms with Crippen LogP contribution in [-0.2, 0) is 32.7 Å². The van der Waals surface area contributed by atoms with E-state index in [1.54, 1.807) is 0 Å². The zero-order valence-corrected chi connectivity index (χ0v) is 67.8. The maximum atomic E-state index is 12.9. The van der Waals surface area contributed by atoms with Crippen LogP contribution in [0.5, 0.6) is 0 Å². The lowest BCUT2D eigenvalue weighted by Crippen LogP contribution is -2.37. The molecule has 2 atom stereocenters. The van der Waals surface area contributed by atoms with Crippen molar-refractivity contribution >= 4 is 19.8 Å². The lowest BCUT2D eigenvalue weighted by Gasteiger charge is -2.24. The number of hydrogen-bond donors (Lipinski definition) is 1. The molecule has 0 aromatic heterocycles. The van der Waals surface area contributed by atoms with Crippen LogP contribution in [0.3, 0.4) is 0 Å². The van der Waals surface area contributed by atoms with Crippen LogP contribution in [0.1, 0.15) is 425 Å². The Balaban J connectivity index is 3.88. The maximum Gasteiger partial charge on any atom is 0.472 e. The fraction of sp³-hybridized carbons (Fsp3) is 0.822. The Bertz CT molecular complexity index is 1970. The molecule has 100 heavy (non-hydrogen) atoms. The number of quaternary nitrogens is 1. The van der Waals surface area contributed by atoms with Crippen molar-refractivity contribution in [3.05, 3.63) is 85.1 Å². The number of esters is 2. The first kappa shape index (κ1) is 97.2. The second kappa shape index (κ2) is 80.3. The van der Waals surface area contributed by atoms with Gasteiger partial charge in [-0.2, -0.15) is 0 Å². The molecule has 0 aromatic rings. The largest absolute Gasteiger partial charge is 0.472 e. The highest BCUT2D eigenvalue weighted by molar-refractivity contribution is 7.47. The molecule has 10 heteroatoms. The van der Waals surface area contributed by atoms with Crippen LogP contribution < -0.4 is 0 Å². The van der Waals surface area contributed by atoms with Gasteiger partial charge in [0.2, 0.25) is 0 Å². The van der Waals surface area contributed by atoms with Gasteiger partial charge >= 0.3 is 19.8 Å². The first-order valence-corrected chi connectivity index (χ1v) is 44.8. The number of nitrogens with zero attached hydrogens (tertiary/aromatic N) is 1. The fourth-order valence-corrected chi connectivity index (χ4v) is 13.6. The number of unbranched alkanes of at least 4 members (excludes halogenated alkanes) is 53. The van der Waals surface area contributed by atoms with E-state index in [-0.39, 0.29) is 25.6 Å². The summed E-state index contributed by atoms with van der Waals surface area (Å²) < 4.78 is 34.9. The maximum absolute atomic E-state index is 12.9. The minimum atomic E-state index is -4.40. The van der Waals surface area contributed by atoms with Crippen molar-refractivity contribution in [2.75, 3.05) is 47.5 Å². The molecule has 0 heterocycles. The molecule has 0 rings (SSSR count). The minimum absolute atomic E-state index is 0.0327. The SMILES string of the molecule is CC/C=C\C/C=C\C/C=C\C/C=C\C/C=C\C/C=C\CCCCCCCCCCCCCCCCCCCCC(=O)OC(COC(=O)CCCCCCCCCCCCCCCCCCCCCCCCCCCCC/C=C\CCCCCCCCCC)COP(=O)(O)OCC[N+](C)(C)C. The van der Waals surface area contributed by atoms with Gasteiger partial charge in [-0.15, -0.1) is 0 Å². The highest BCUT2D eigenvalue weighted by Gasteiger charge is 2.27. The Morgan fingerprint density at radius 3 is 0.860 bits per heavy atom. The molecule has 0 fully saturated rings. The molecule has 0 saturated heterocycles. The Labute approximate surface area is 621 Å². The van der Waals surface area contributed by atoms with E-state index in [1.807, 2.05) is 21.1 Å². The summed E-state index contributed by atoms with van der Waals surface area (Å²) in [5, 5.41) is 0. The molecule has 0 amide bonds. The average Bonchev–Trinajstić information content (AvgIpc) is 1.02. The summed E-state index contributed by atoms with van der Waals surface area (Å²) in [5.74, 6) is -0.776. The quantitative estimate of drug-likeness (QED) is 0.0211. The van der Waals surface area contributed by atoms with E-state index < -0.39 is 26.5 Å². The van der Waals surface area contributed by atoms with Crippen molar-refractivity contribution in [2.24, 2.45) is 0 Å². The second-order valence-electron chi connectivity index (χ2n) is 30.5. The molecule has 2 unspecified atom stereocenters. The van der Waals surface area contributed by atoms with Crippen LogP contribution >= 0.6 is 7.82 Å². The van der Waals surface area contributed by atoms with E-state index in [1.165, 1.54) is 321 Å². The van der Waals surface area contributed by atoms with Crippen molar-refractivity contribution in [2.45, 2.75) is 431 Å². The summed E-state index contributed by atoms with van der Waals surface area (Å²) in [6.45, 7) is 4.39. The topological polar surface area (TPSA) is 108 Å². The second-order valence-corrected chi connectivity index (χ2v) is 32.0. The fourth-order valence-electron chi connectivity index (χ4n) is 12.8. The first-order chi connectivity index (χ1) is 49.0. The summed E-state index contributed by atoms with van der Waals surface area (Å²) in [7, 11) is 1.50. The summed E-state index contributed by atoms with van der Waals surface area (Å²) in [5.41, 5.74) is 0. The normalized spacial score (nSPS) is 13.4. The summed E-state index contributed by atoms with van der Waals surface area (Å²) in [6.07, 6.45) is 112. The van der Waals surface area contributed by atoms with E-state index in [0.29, 0.717) is 23.9 Å². The van der Waals surface area contributed by atoms with Gasteiger partial charge < -0.3 is 18.9 Å². The van der Waals surface area contributed by atoms with Crippen LogP contribution in [0.2, 0.25) is 0 Å². The molecule has 584 valence electrons. The van der Waals surface area contributed by atoms with Crippen molar-refractivity contribution in [1.29, 1.82) is 0 Å². The lowest BCUT2D eigenvalue weighted by atomic mass is 10.0. The van der Waals surface area contributed by atoms with Crippen LogP contribution in [0, 0.1) is 0 Å². The van der Waals surface area contributed by atoms with E-state index in [2.05, 4.69) is 98.9 Å². The van der Waals surface area contributed by atoms with E-state index >= 15 is 0 Å². The van der Waals surface area contributed by atoms with Crippen LogP contribution in [0.25, 0.3) is 0 Å². The van der Waals surface area contributed by atoms with Crippen molar-refractivity contribution < 1.29 is 42.1 Å². The van der Waals surface area contributed by atoms with E-state index in [0.717, 1.165) is 70.6 Å². The van der Waals surface area contributed by atoms with E-state index in [4.69, 9.17) is 18.5 Å². The van der Waals surface area contributed by atoms with Gasteiger partial charge in [-0.3, -0.25) is 18.6 Å². The third-order valence-corrected chi connectivity index (χ3v) is 20.4. The van der Waals surface area contributed by atoms with Crippen LogP contribution in [0.15, 0.2) is 85.1 Å². The zero-order valence-electron chi connectivity index (χ0n) is 66.9. The molecule has 0 spiro atoms. The Kier molecular flexibility index (Phi) is 78.0. The Morgan fingerprint density at radius 1 is 0.320 bits per heavy atom. The number of phosphoric acid groups is 1. The average molecular weight is 1420 g/mol. The molecule has 0 bridgehead atoms. The van der Waals surface area contributed by atoms with E-state index in [9.17, 15) is 19.0 Å². The molecule has 0 aromatic carbocycles. The number of carbonyl (C=O) groups is 2. The molecule has 0 aliphatic rings. The highest BCUT2D eigenvalue weighted by Crippen LogP contribution is 2.43. The number of hydrogen-bond acceptors (Lipinski definition) is 7. The van der Waals surface area contributed by atoms with Gasteiger partial charge in [-0.05, 0) is 89.9 Å². The van der Waals surface area contributed by atoms with Crippen LogP contribution in [-0.4, -0.2) is 74.9 Å². The molecule has 0 aliphatic carbocycles. The number of rotatable bonds is 81. The Hall–Kier alpha value is -2.81. The van der Waals surface area contributed by atoms with Crippen molar-refractivity contribution in [3.8, 4) is 0 Å². The molecule has 0 aliphatic heterocycles. The minimum Gasteiger partial charge on any atom is -0.462 e.